The number of amides is 1. The van der Waals surface area contributed by atoms with Gasteiger partial charge in [0.25, 0.3) is 5.91 Å². The molecule has 0 saturated heterocycles. The standard InChI is InChI=1S/C27H29F6N3O2/c1-16(2)14-25(3)23(38)36(24(34)35-25)15-18-6-4-17(5-7-18)8-9-22(37)12-19-10-20(26(28,29)30)13-21(11-19)27(31,32)33/h4-7,10-11,13,16H,8-9,12,14-15H2,1-3H3,(H2,34,35). The van der Waals surface area contributed by atoms with Crippen LogP contribution in [0.25, 0.3) is 0 Å². The number of ketones is 1. The fourth-order valence-corrected chi connectivity index (χ4v) is 4.55. The van der Waals surface area contributed by atoms with Gasteiger partial charge in [0.2, 0.25) is 0 Å². The summed E-state index contributed by atoms with van der Waals surface area (Å²) in [5.41, 5.74) is 3.40. The number of aryl methyl sites for hydroxylation is 1. The first kappa shape index (κ1) is 29.2. The molecule has 2 N–H and O–H groups in total. The van der Waals surface area contributed by atoms with Crippen LogP contribution in [-0.4, -0.2) is 28.1 Å². The van der Waals surface area contributed by atoms with E-state index in [1.54, 1.807) is 31.2 Å². The molecule has 206 valence electrons. The smallest absolute Gasteiger partial charge is 0.369 e. The van der Waals surface area contributed by atoms with Crippen LogP contribution in [0.2, 0.25) is 0 Å². The molecule has 1 atom stereocenters. The fourth-order valence-electron chi connectivity index (χ4n) is 4.55. The highest BCUT2D eigenvalue weighted by atomic mass is 19.4. The SMILES string of the molecule is CC(C)CC1(C)N=C(N)N(Cc2ccc(CCC(=O)Cc3cc(C(F)(F)F)cc(C(F)(F)F)c3)cc2)C1=O. The largest absolute Gasteiger partial charge is 0.416 e. The van der Waals surface area contributed by atoms with Gasteiger partial charge in [-0.25, -0.2) is 4.99 Å². The summed E-state index contributed by atoms with van der Waals surface area (Å²) in [6.07, 6.45) is -9.73. The highest BCUT2D eigenvalue weighted by Gasteiger charge is 2.44. The van der Waals surface area contributed by atoms with E-state index in [0.717, 1.165) is 11.1 Å². The van der Waals surface area contributed by atoms with Gasteiger partial charge >= 0.3 is 12.4 Å². The Morgan fingerprint density at radius 2 is 1.47 bits per heavy atom. The zero-order valence-corrected chi connectivity index (χ0v) is 21.2. The van der Waals surface area contributed by atoms with Crippen LogP contribution in [0.1, 0.15) is 61.4 Å². The number of carbonyl (C=O) groups is 2. The van der Waals surface area contributed by atoms with Crippen molar-refractivity contribution in [2.24, 2.45) is 16.6 Å². The van der Waals surface area contributed by atoms with E-state index in [0.29, 0.717) is 18.6 Å². The van der Waals surface area contributed by atoms with Gasteiger partial charge in [0.1, 0.15) is 11.3 Å². The van der Waals surface area contributed by atoms with Crippen LogP contribution in [0, 0.1) is 5.92 Å². The molecule has 11 heteroatoms. The zero-order valence-electron chi connectivity index (χ0n) is 21.2. The normalized spacial score (nSPS) is 18.3. The highest BCUT2D eigenvalue weighted by molar-refractivity contribution is 6.06. The molecular formula is C27H29F6N3O2. The van der Waals surface area contributed by atoms with E-state index in [1.165, 1.54) is 4.90 Å². The molecule has 2 aromatic rings. The lowest BCUT2D eigenvalue weighted by molar-refractivity contribution is -0.143. The van der Waals surface area contributed by atoms with Gasteiger partial charge in [-0.3, -0.25) is 14.5 Å². The van der Waals surface area contributed by atoms with E-state index < -0.39 is 41.2 Å². The molecule has 0 spiro atoms. The second-order valence-corrected chi connectivity index (χ2v) is 10.2. The molecule has 5 nitrogen and oxygen atoms in total. The van der Waals surface area contributed by atoms with Crippen molar-refractivity contribution < 1.29 is 35.9 Å². The number of aliphatic imine (C=N–C) groups is 1. The Morgan fingerprint density at radius 3 is 1.97 bits per heavy atom. The maximum atomic E-state index is 13.0. The van der Waals surface area contributed by atoms with Gasteiger partial charge in [-0.2, -0.15) is 26.3 Å². The van der Waals surface area contributed by atoms with Crippen molar-refractivity contribution in [1.29, 1.82) is 0 Å². The molecule has 0 aliphatic carbocycles. The third kappa shape index (κ3) is 7.14. The van der Waals surface area contributed by atoms with E-state index in [2.05, 4.69) is 4.99 Å². The number of guanidine groups is 1. The molecule has 0 aromatic heterocycles. The van der Waals surface area contributed by atoms with Crippen LogP contribution in [-0.2, 0) is 41.3 Å². The fraction of sp³-hybridized carbons (Fsp3) is 0.444. The number of halogens is 6. The molecule has 1 aliphatic heterocycles. The van der Waals surface area contributed by atoms with Crippen molar-refractivity contribution in [3.05, 3.63) is 70.3 Å². The first-order chi connectivity index (χ1) is 17.5. The molecule has 0 bridgehead atoms. The van der Waals surface area contributed by atoms with Crippen LogP contribution in [0.3, 0.4) is 0 Å². The minimum absolute atomic E-state index is 0.0372. The van der Waals surface area contributed by atoms with Gasteiger partial charge in [0.05, 0.1) is 17.7 Å². The van der Waals surface area contributed by atoms with Gasteiger partial charge in [0, 0.05) is 12.8 Å². The van der Waals surface area contributed by atoms with E-state index in [-0.39, 0.29) is 48.8 Å². The molecule has 1 heterocycles. The third-order valence-corrected chi connectivity index (χ3v) is 6.25. The topological polar surface area (TPSA) is 75.8 Å². The van der Waals surface area contributed by atoms with Crippen molar-refractivity contribution in [2.45, 2.75) is 70.9 Å². The Labute approximate surface area is 216 Å². The number of rotatable bonds is 9. The van der Waals surface area contributed by atoms with Crippen molar-refractivity contribution >= 4 is 17.6 Å². The predicted molar refractivity (Wildman–Crippen MR) is 130 cm³/mol. The summed E-state index contributed by atoms with van der Waals surface area (Å²) >= 11 is 0. The maximum Gasteiger partial charge on any atom is 0.416 e. The Morgan fingerprint density at radius 1 is 0.947 bits per heavy atom. The van der Waals surface area contributed by atoms with Gasteiger partial charge < -0.3 is 5.73 Å². The van der Waals surface area contributed by atoms with Gasteiger partial charge in [0.15, 0.2) is 5.96 Å². The van der Waals surface area contributed by atoms with Crippen molar-refractivity contribution in [1.82, 2.24) is 4.90 Å². The summed E-state index contributed by atoms with van der Waals surface area (Å²) in [7, 11) is 0. The second kappa shape index (κ2) is 10.8. The quantitative estimate of drug-likeness (QED) is 0.400. The van der Waals surface area contributed by atoms with Crippen LogP contribution in [0.5, 0.6) is 0 Å². The maximum absolute atomic E-state index is 13.0. The zero-order chi connectivity index (χ0) is 28.5. The average Bonchev–Trinajstić information content (AvgIpc) is 2.99. The number of Topliss-reactive ketones (excluding diaryl/α,β-unsaturated/α-hetero) is 1. The molecule has 0 radical (unpaired) electrons. The minimum Gasteiger partial charge on any atom is -0.369 e. The lowest BCUT2D eigenvalue weighted by Crippen LogP contribution is -2.43. The molecule has 1 unspecified atom stereocenters. The summed E-state index contributed by atoms with van der Waals surface area (Å²) in [5.74, 6) is -0.266. The van der Waals surface area contributed by atoms with Crippen molar-refractivity contribution in [3.8, 4) is 0 Å². The third-order valence-electron chi connectivity index (χ3n) is 6.25. The molecule has 2 aromatic carbocycles. The van der Waals surface area contributed by atoms with Crippen LogP contribution >= 0.6 is 0 Å². The number of benzene rings is 2. The number of alkyl halides is 6. The Bertz CT molecular complexity index is 1190. The minimum atomic E-state index is -4.97. The Balaban J connectivity index is 1.61. The number of hydrogen-bond acceptors (Lipinski definition) is 4. The molecule has 1 aliphatic rings. The van der Waals surface area contributed by atoms with E-state index in [4.69, 9.17) is 5.73 Å². The lowest BCUT2D eigenvalue weighted by Gasteiger charge is -2.23. The summed E-state index contributed by atoms with van der Waals surface area (Å²) < 4.78 is 78.3. The summed E-state index contributed by atoms with van der Waals surface area (Å²) in [5, 5.41) is 0. The molecule has 38 heavy (non-hydrogen) atoms. The molecule has 0 fully saturated rings. The summed E-state index contributed by atoms with van der Waals surface area (Å²) in [6.45, 7) is 5.97. The lowest BCUT2D eigenvalue weighted by atomic mass is 9.91. The van der Waals surface area contributed by atoms with E-state index in [9.17, 15) is 35.9 Å². The first-order valence-corrected chi connectivity index (χ1v) is 12.0. The number of nitrogens with zero attached hydrogens (tertiary/aromatic N) is 2. The van der Waals surface area contributed by atoms with Crippen molar-refractivity contribution in [3.63, 3.8) is 0 Å². The number of carbonyl (C=O) groups excluding carboxylic acids is 2. The second-order valence-electron chi connectivity index (χ2n) is 10.2. The highest BCUT2D eigenvalue weighted by Crippen LogP contribution is 2.36. The Hall–Kier alpha value is -3.37. The number of hydrogen-bond donors (Lipinski definition) is 1. The number of nitrogens with two attached hydrogens (primary N) is 1. The van der Waals surface area contributed by atoms with Gasteiger partial charge in [-0.15, -0.1) is 0 Å². The van der Waals surface area contributed by atoms with E-state index in [1.807, 2.05) is 13.8 Å². The monoisotopic (exact) mass is 541 g/mol. The Kier molecular flexibility index (Phi) is 8.28. The predicted octanol–water partition coefficient (Wildman–Crippen LogP) is 5.93. The molecule has 1 amide bonds. The average molecular weight is 542 g/mol. The molecule has 0 saturated carbocycles. The van der Waals surface area contributed by atoms with Gasteiger partial charge in [-0.1, -0.05) is 38.1 Å². The van der Waals surface area contributed by atoms with Gasteiger partial charge in [-0.05, 0) is 60.6 Å². The molecule has 3 rings (SSSR count). The van der Waals surface area contributed by atoms with Crippen LogP contribution < -0.4 is 5.73 Å². The van der Waals surface area contributed by atoms with Crippen LogP contribution in [0.15, 0.2) is 47.5 Å². The van der Waals surface area contributed by atoms with Crippen LogP contribution in [0.4, 0.5) is 26.3 Å². The molecular weight excluding hydrogens is 512 g/mol. The van der Waals surface area contributed by atoms with E-state index >= 15 is 0 Å². The van der Waals surface area contributed by atoms with Crippen molar-refractivity contribution in [2.75, 3.05) is 0 Å². The first-order valence-electron chi connectivity index (χ1n) is 12.0. The summed E-state index contributed by atoms with van der Waals surface area (Å²) in [6, 6.07) is 8.20. The summed E-state index contributed by atoms with van der Waals surface area (Å²) in [4.78, 5) is 31.1.